The van der Waals surface area contributed by atoms with E-state index in [-0.39, 0.29) is 5.76 Å². The minimum atomic E-state index is -0.938. The van der Waals surface area contributed by atoms with E-state index in [1.165, 1.54) is 32.1 Å². The lowest BCUT2D eigenvalue weighted by Gasteiger charge is -2.01. The first-order chi connectivity index (χ1) is 9.66. The third-order valence-corrected chi connectivity index (χ3v) is 3.54. The predicted molar refractivity (Wildman–Crippen MR) is 81.1 cm³/mol. The van der Waals surface area contributed by atoms with E-state index < -0.39 is 12.1 Å². The molecule has 1 N–H and O–H groups in total. The number of aliphatic hydroxyl groups is 1. The number of aliphatic hydroxyl groups excluding tert-OH is 1. The second-order valence-electron chi connectivity index (χ2n) is 5.26. The normalized spacial score (nSPS) is 20.4. The largest absolute Gasteiger partial charge is 0.425 e. The Hall–Kier alpha value is -1.35. The van der Waals surface area contributed by atoms with Crippen molar-refractivity contribution in [2.24, 2.45) is 0 Å². The van der Waals surface area contributed by atoms with Crippen LogP contribution < -0.4 is 0 Å². The molecule has 1 heterocycles. The SMILES string of the molecule is C=CCCCCCCCCC/C=C1/C(=O)OC(=C)[C@H]1O. The van der Waals surface area contributed by atoms with E-state index in [1.54, 1.807) is 6.08 Å². The van der Waals surface area contributed by atoms with Crippen LogP contribution in [0.2, 0.25) is 0 Å². The minimum Gasteiger partial charge on any atom is -0.425 e. The van der Waals surface area contributed by atoms with Gasteiger partial charge in [0.15, 0.2) is 0 Å². The molecule has 0 saturated carbocycles. The number of allylic oxidation sites excluding steroid dienone is 2. The van der Waals surface area contributed by atoms with Crippen LogP contribution in [0.25, 0.3) is 0 Å². The minimum absolute atomic E-state index is 0.140. The van der Waals surface area contributed by atoms with Gasteiger partial charge in [0.2, 0.25) is 0 Å². The summed E-state index contributed by atoms with van der Waals surface area (Å²) in [7, 11) is 0. The molecule has 0 aromatic heterocycles. The van der Waals surface area contributed by atoms with Gasteiger partial charge in [-0.3, -0.25) is 0 Å². The van der Waals surface area contributed by atoms with Crippen molar-refractivity contribution in [1.82, 2.24) is 0 Å². The molecule has 0 aliphatic carbocycles. The average molecular weight is 278 g/mol. The van der Waals surface area contributed by atoms with Crippen LogP contribution in [0.5, 0.6) is 0 Å². The molecular formula is C17H26O3. The highest BCUT2D eigenvalue weighted by molar-refractivity contribution is 5.93. The summed E-state index contributed by atoms with van der Waals surface area (Å²) in [6.45, 7) is 7.21. The third kappa shape index (κ3) is 5.74. The Morgan fingerprint density at radius 3 is 2.10 bits per heavy atom. The van der Waals surface area contributed by atoms with Crippen LogP contribution >= 0.6 is 0 Å². The van der Waals surface area contributed by atoms with Gasteiger partial charge in [-0.05, 0) is 25.7 Å². The van der Waals surface area contributed by atoms with Crippen molar-refractivity contribution in [2.45, 2.75) is 63.9 Å². The summed E-state index contributed by atoms with van der Waals surface area (Å²) in [6, 6.07) is 0. The fourth-order valence-corrected chi connectivity index (χ4v) is 2.29. The first-order valence-corrected chi connectivity index (χ1v) is 7.56. The van der Waals surface area contributed by atoms with Gasteiger partial charge in [-0.15, -0.1) is 6.58 Å². The second kappa shape index (κ2) is 9.54. The van der Waals surface area contributed by atoms with Gasteiger partial charge in [-0.2, -0.15) is 0 Å². The Bertz CT molecular complexity index is 368. The highest BCUT2D eigenvalue weighted by atomic mass is 16.6. The van der Waals surface area contributed by atoms with Crippen LogP contribution in [0.4, 0.5) is 0 Å². The molecule has 3 nitrogen and oxygen atoms in total. The number of hydrogen-bond acceptors (Lipinski definition) is 3. The lowest BCUT2D eigenvalue weighted by molar-refractivity contribution is -0.132. The Morgan fingerprint density at radius 2 is 1.60 bits per heavy atom. The van der Waals surface area contributed by atoms with Crippen molar-refractivity contribution < 1.29 is 14.6 Å². The maximum absolute atomic E-state index is 11.4. The molecule has 1 saturated heterocycles. The summed E-state index contributed by atoms with van der Waals surface area (Å²) in [6.07, 6.45) is 13.3. The first kappa shape index (κ1) is 16.7. The maximum Gasteiger partial charge on any atom is 0.341 e. The van der Waals surface area contributed by atoms with Crippen LogP contribution in [0, 0.1) is 0 Å². The number of hydrogen-bond donors (Lipinski definition) is 1. The first-order valence-electron chi connectivity index (χ1n) is 7.56. The zero-order valence-electron chi connectivity index (χ0n) is 12.3. The third-order valence-electron chi connectivity index (χ3n) is 3.54. The number of rotatable bonds is 10. The number of unbranched alkanes of at least 4 members (excludes halogenated alkanes) is 8. The summed E-state index contributed by atoms with van der Waals surface area (Å²) in [5, 5.41) is 9.65. The van der Waals surface area contributed by atoms with Crippen LogP contribution in [0.3, 0.4) is 0 Å². The van der Waals surface area contributed by atoms with Gasteiger partial charge in [0.1, 0.15) is 11.9 Å². The van der Waals surface area contributed by atoms with Crippen molar-refractivity contribution in [2.75, 3.05) is 0 Å². The smallest absolute Gasteiger partial charge is 0.341 e. The molecule has 112 valence electrons. The van der Waals surface area contributed by atoms with Gasteiger partial charge in [0, 0.05) is 0 Å². The molecule has 0 aromatic carbocycles. The summed E-state index contributed by atoms with van der Waals surface area (Å²) in [5.74, 6) is -0.314. The van der Waals surface area contributed by atoms with Crippen LogP contribution in [0.1, 0.15) is 57.8 Å². The van der Waals surface area contributed by atoms with Crippen LogP contribution in [0.15, 0.2) is 36.6 Å². The summed E-state index contributed by atoms with van der Waals surface area (Å²) in [4.78, 5) is 11.4. The molecule has 1 aliphatic heterocycles. The van der Waals surface area contributed by atoms with Crippen molar-refractivity contribution in [1.29, 1.82) is 0 Å². The highest BCUT2D eigenvalue weighted by Gasteiger charge is 2.32. The van der Waals surface area contributed by atoms with Gasteiger partial charge in [-0.25, -0.2) is 4.79 Å². The van der Waals surface area contributed by atoms with Crippen molar-refractivity contribution >= 4 is 5.97 Å². The standard InChI is InChI=1S/C17H26O3/c1-3-4-5-6-7-8-9-10-11-12-13-15-16(18)14(2)20-17(15)19/h3,13,16,18H,1-2,4-12H2/b15-13+/t16-/m1/s1. The quantitative estimate of drug-likeness (QED) is 0.284. The monoisotopic (exact) mass is 278 g/mol. The molecule has 0 radical (unpaired) electrons. The molecule has 1 atom stereocenters. The van der Waals surface area contributed by atoms with Gasteiger partial charge in [0.05, 0.1) is 5.57 Å². The van der Waals surface area contributed by atoms with Crippen LogP contribution in [-0.2, 0) is 9.53 Å². The average Bonchev–Trinajstić information content (AvgIpc) is 2.67. The fourth-order valence-electron chi connectivity index (χ4n) is 2.29. The van der Waals surface area contributed by atoms with Crippen molar-refractivity contribution in [3.05, 3.63) is 36.6 Å². The Morgan fingerprint density at radius 1 is 1.05 bits per heavy atom. The Kier molecular flexibility index (Phi) is 7.97. The lowest BCUT2D eigenvalue weighted by Crippen LogP contribution is -2.07. The molecule has 0 spiro atoms. The van der Waals surface area contributed by atoms with E-state index in [0.29, 0.717) is 5.57 Å². The summed E-state index contributed by atoms with van der Waals surface area (Å²) in [5.41, 5.74) is 0.347. The molecule has 20 heavy (non-hydrogen) atoms. The summed E-state index contributed by atoms with van der Waals surface area (Å²) >= 11 is 0. The maximum atomic E-state index is 11.4. The number of ether oxygens (including phenoxy) is 1. The summed E-state index contributed by atoms with van der Waals surface area (Å²) < 4.78 is 4.77. The number of esters is 1. The molecule has 0 aromatic rings. The van der Waals surface area contributed by atoms with Gasteiger partial charge in [0.25, 0.3) is 0 Å². The molecule has 1 aliphatic rings. The molecule has 1 fully saturated rings. The van der Waals surface area contributed by atoms with Crippen molar-refractivity contribution in [3.8, 4) is 0 Å². The van der Waals surface area contributed by atoms with Crippen molar-refractivity contribution in [3.63, 3.8) is 0 Å². The topological polar surface area (TPSA) is 46.5 Å². The number of carbonyl (C=O) groups excluding carboxylic acids is 1. The predicted octanol–water partition coefficient (Wildman–Crippen LogP) is 4.04. The van der Waals surface area contributed by atoms with E-state index in [9.17, 15) is 9.90 Å². The number of cyclic esters (lactones) is 1. The molecular weight excluding hydrogens is 252 g/mol. The molecule has 3 heteroatoms. The molecule has 0 unspecified atom stereocenters. The lowest BCUT2D eigenvalue weighted by atomic mass is 10.1. The zero-order chi connectivity index (χ0) is 14.8. The molecule has 0 amide bonds. The Balaban J connectivity index is 2.03. The van der Waals surface area contributed by atoms with Crippen LogP contribution in [-0.4, -0.2) is 17.2 Å². The van der Waals surface area contributed by atoms with E-state index in [1.807, 2.05) is 6.08 Å². The van der Waals surface area contributed by atoms with E-state index in [4.69, 9.17) is 4.74 Å². The second-order valence-corrected chi connectivity index (χ2v) is 5.26. The Labute approximate surface area is 122 Å². The molecule has 1 rings (SSSR count). The van der Waals surface area contributed by atoms with E-state index in [0.717, 1.165) is 25.7 Å². The number of carbonyl (C=O) groups is 1. The zero-order valence-corrected chi connectivity index (χ0v) is 12.3. The van der Waals surface area contributed by atoms with Gasteiger partial charge in [-0.1, -0.05) is 50.8 Å². The van der Waals surface area contributed by atoms with E-state index in [2.05, 4.69) is 13.2 Å². The fraction of sp³-hybridized carbons (Fsp3) is 0.588. The highest BCUT2D eigenvalue weighted by Crippen LogP contribution is 2.23. The van der Waals surface area contributed by atoms with E-state index >= 15 is 0 Å². The van der Waals surface area contributed by atoms with Gasteiger partial charge >= 0.3 is 5.97 Å². The molecule has 0 bridgehead atoms. The van der Waals surface area contributed by atoms with Gasteiger partial charge < -0.3 is 9.84 Å².